The number of benzene rings is 1. The number of carbonyl (C=O) groups is 1. The second kappa shape index (κ2) is 16.5. The number of nitrogens with zero attached hydrogens (tertiary/aromatic N) is 1. The maximum atomic E-state index is 13.0. The van der Waals surface area contributed by atoms with Crippen LogP contribution >= 0.6 is 24.0 Å². The highest BCUT2D eigenvalue weighted by Gasteiger charge is 2.16. The first-order valence-corrected chi connectivity index (χ1v) is 9.70. The molecule has 1 rings (SSSR count). The normalized spacial score (nSPS) is 12.2. The average molecular weight is 508 g/mol. The van der Waals surface area contributed by atoms with Crippen molar-refractivity contribution in [1.29, 1.82) is 0 Å². The first kappa shape index (κ1) is 26.6. The minimum Gasteiger partial charge on any atom is -0.381 e. The summed E-state index contributed by atoms with van der Waals surface area (Å²) < 4.78 is 18.5. The molecule has 1 atom stereocenters. The number of guanidine groups is 1. The zero-order chi connectivity index (χ0) is 19.9. The van der Waals surface area contributed by atoms with Crippen molar-refractivity contribution in [2.45, 2.75) is 39.5 Å². The second-order valence-corrected chi connectivity index (χ2v) is 6.40. The van der Waals surface area contributed by atoms with E-state index in [4.69, 9.17) is 10.5 Å². The number of amides is 1. The highest BCUT2D eigenvalue weighted by molar-refractivity contribution is 14.0. The van der Waals surface area contributed by atoms with Crippen molar-refractivity contribution >= 4 is 35.8 Å². The molecule has 0 fully saturated rings. The standard InChI is InChI=1S/C20H33FN4O2.HI/c1-3-5-12-27-13-6-11-24-20(23-4-2)25-15-17(19(22)26)14-16-7-9-18(21)10-8-16;/h7-10,17H,3-6,11-15H2,1-2H3,(H2,22,26)(H2,23,24,25);1H. The van der Waals surface area contributed by atoms with E-state index in [1.807, 2.05) is 6.92 Å². The number of halogens is 2. The monoisotopic (exact) mass is 508 g/mol. The number of unbranched alkanes of at least 4 members (excludes halogenated alkanes) is 1. The molecule has 0 spiro atoms. The molecule has 0 bridgehead atoms. The van der Waals surface area contributed by atoms with Gasteiger partial charge in [0.1, 0.15) is 5.82 Å². The smallest absolute Gasteiger partial charge is 0.222 e. The molecule has 0 aromatic heterocycles. The van der Waals surface area contributed by atoms with Crippen LogP contribution in [0, 0.1) is 11.7 Å². The van der Waals surface area contributed by atoms with Crippen molar-refractivity contribution in [3.63, 3.8) is 0 Å². The van der Waals surface area contributed by atoms with Gasteiger partial charge in [0, 0.05) is 26.3 Å². The highest BCUT2D eigenvalue weighted by Crippen LogP contribution is 2.10. The molecule has 6 nitrogen and oxygen atoms in total. The number of primary amides is 1. The van der Waals surface area contributed by atoms with Gasteiger partial charge in [-0.25, -0.2) is 4.39 Å². The maximum Gasteiger partial charge on any atom is 0.222 e. The topological polar surface area (TPSA) is 88.7 Å². The summed E-state index contributed by atoms with van der Waals surface area (Å²) >= 11 is 0. The van der Waals surface area contributed by atoms with E-state index < -0.39 is 11.8 Å². The van der Waals surface area contributed by atoms with Crippen LogP contribution in [-0.4, -0.2) is 44.7 Å². The quantitative estimate of drug-likeness (QED) is 0.166. The number of carbonyl (C=O) groups excluding carboxylic acids is 1. The van der Waals surface area contributed by atoms with E-state index in [1.165, 1.54) is 12.1 Å². The summed E-state index contributed by atoms with van der Waals surface area (Å²) in [5.74, 6) is -0.507. The Hall–Kier alpha value is -1.42. The molecule has 0 radical (unpaired) electrons. The van der Waals surface area contributed by atoms with E-state index in [0.717, 1.165) is 44.5 Å². The molecule has 0 aliphatic heterocycles. The Morgan fingerprint density at radius 1 is 1.18 bits per heavy atom. The van der Waals surface area contributed by atoms with Crippen LogP contribution in [0.5, 0.6) is 0 Å². The van der Waals surface area contributed by atoms with Crippen LogP contribution < -0.4 is 16.4 Å². The zero-order valence-electron chi connectivity index (χ0n) is 16.9. The predicted octanol–water partition coefficient (Wildman–Crippen LogP) is 2.85. The van der Waals surface area contributed by atoms with Crippen molar-refractivity contribution in [1.82, 2.24) is 10.6 Å². The van der Waals surface area contributed by atoms with Gasteiger partial charge in [-0.1, -0.05) is 25.5 Å². The van der Waals surface area contributed by atoms with E-state index in [0.29, 0.717) is 19.0 Å². The van der Waals surface area contributed by atoms with Gasteiger partial charge >= 0.3 is 0 Å². The van der Waals surface area contributed by atoms with Crippen LogP contribution in [0.2, 0.25) is 0 Å². The summed E-state index contributed by atoms with van der Waals surface area (Å²) in [4.78, 5) is 16.2. The van der Waals surface area contributed by atoms with E-state index in [2.05, 4.69) is 22.5 Å². The van der Waals surface area contributed by atoms with Crippen LogP contribution in [0.15, 0.2) is 29.3 Å². The lowest BCUT2D eigenvalue weighted by atomic mass is 9.99. The minimum atomic E-state index is -0.441. The van der Waals surface area contributed by atoms with Crippen molar-refractivity contribution < 1.29 is 13.9 Å². The lowest BCUT2D eigenvalue weighted by Crippen LogP contribution is -2.39. The van der Waals surface area contributed by atoms with Gasteiger partial charge in [0.15, 0.2) is 5.96 Å². The third-order valence-electron chi connectivity index (χ3n) is 4.01. The Balaban J connectivity index is 0.00000729. The maximum absolute atomic E-state index is 13.0. The summed E-state index contributed by atoms with van der Waals surface area (Å²) in [6.07, 6.45) is 3.53. The van der Waals surface area contributed by atoms with E-state index in [1.54, 1.807) is 12.1 Å². The van der Waals surface area contributed by atoms with Crippen LogP contribution in [-0.2, 0) is 16.0 Å². The van der Waals surface area contributed by atoms with Crippen LogP contribution in [0.1, 0.15) is 38.7 Å². The van der Waals surface area contributed by atoms with Gasteiger partial charge < -0.3 is 21.1 Å². The molecule has 160 valence electrons. The molecule has 28 heavy (non-hydrogen) atoms. The molecular formula is C20H34FIN4O2. The lowest BCUT2D eigenvalue weighted by molar-refractivity contribution is -0.121. The minimum absolute atomic E-state index is 0. The van der Waals surface area contributed by atoms with Gasteiger partial charge in [-0.15, -0.1) is 24.0 Å². The Morgan fingerprint density at radius 3 is 2.46 bits per heavy atom. The Labute approximate surface area is 184 Å². The van der Waals surface area contributed by atoms with Crippen molar-refractivity contribution in [3.8, 4) is 0 Å². The summed E-state index contributed by atoms with van der Waals surface area (Å²) in [6, 6.07) is 6.09. The van der Waals surface area contributed by atoms with Gasteiger partial charge in [0.2, 0.25) is 5.91 Å². The number of nitrogens with one attached hydrogen (secondary N) is 2. The van der Waals surface area contributed by atoms with E-state index in [-0.39, 0.29) is 36.3 Å². The largest absolute Gasteiger partial charge is 0.381 e. The van der Waals surface area contributed by atoms with Crippen molar-refractivity contribution in [2.24, 2.45) is 16.6 Å². The molecule has 0 aliphatic rings. The third kappa shape index (κ3) is 12.1. The fourth-order valence-corrected chi connectivity index (χ4v) is 2.43. The van der Waals surface area contributed by atoms with Gasteiger partial charge in [0.25, 0.3) is 0 Å². The molecule has 4 N–H and O–H groups in total. The van der Waals surface area contributed by atoms with E-state index >= 15 is 0 Å². The van der Waals surface area contributed by atoms with Crippen molar-refractivity contribution in [2.75, 3.05) is 32.8 Å². The first-order chi connectivity index (χ1) is 13.1. The average Bonchev–Trinajstić information content (AvgIpc) is 2.65. The Kier molecular flexibility index (Phi) is 15.7. The predicted molar refractivity (Wildman–Crippen MR) is 123 cm³/mol. The number of ether oxygens (including phenoxy) is 1. The zero-order valence-corrected chi connectivity index (χ0v) is 19.2. The number of hydrogen-bond donors (Lipinski definition) is 3. The third-order valence-corrected chi connectivity index (χ3v) is 4.01. The number of rotatable bonds is 13. The van der Waals surface area contributed by atoms with Crippen LogP contribution in [0.4, 0.5) is 4.39 Å². The number of hydrogen-bond acceptors (Lipinski definition) is 3. The molecule has 0 saturated carbocycles. The number of nitrogens with two attached hydrogens (primary N) is 1. The summed E-state index contributed by atoms with van der Waals surface area (Å²) in [6.45, 7) is 7.36. The molecule has 1 aromatic rings. The second-order valence-electron chi connectivity index (χ2n) is 6.40. The molecule has 0 heterocycles. The Morgan fingerprint density at radius 2 is 1.86 bits per heavy atom. The van der Waals surface area contributed by atoms with Gasteiger partial charge in [0.05, 0.1) is 12.5 Å². The van der Waals surface area contributed by atoms with Gasteiger partial charge in [-0.3, -0.25) is 9.79 Å². The molecule has 0 saturated heterocycles. The molecule has 0 aliphatic carbocycles. The lowest BCUT2D eigenvalue weighted by Gasteiger charge is -2.14. The summed E-state index contributed by atoms with van der Waals surface area (Å²) in [5, 5.41) is 6.39. The molecule has 1 unspecified atom stereocenters. The van der Waals surface area contributed by atoms with Gasteiger partial charge in [-0.2, -0.15) is 0 Å². The fourth-order valence-electron chi connectivity index (χ4n) is 2.43. The Bertz CT molecular complexity index is 570. The van der Waals surface area contributed by atoms with Crippen LogP contribution in [0.25, 0.3) is 0 Å². The molecule has 1 aromatic carbocycles. The SMILES string of the molecule is CCCCOCCCNC(=NCC(Cc1ccc(F)cc1)C(N)=O)NCC.I. The molecule has 8 heteroatoms. The van der Waals surface area contributed by atoms with E-state index in [9.17, 15) is 9.18 Å². The summed E-state index contributed by atoms with van der Waals surface area (Å²) in [7, 11) is 0. The summed E-state index contributed by atoms with van der Waals surface area (Å²) in [5.41, 5.74) is 6.37. The van der Waals surface area contributed by atoms with Gasteiger partial charge in [-0.05, 0) is 43.9 Å². The molecule has 1 amide bonds. The molecular weight excluding hydrogens is 474 g/mol. The fraction of sp³-hybridized carbons (Fsp3) is 0.600. The number of aliphatic imine (C=N–C) groups is 1. The van der Waals surface area contributed by atoms with Crippen molar-refractivity contribution in [3.05, 3.63) is 35.6 Å². The highest BCUT2D eigenvalue weighted by atomic mass is 127. The first-order valence-electron chi connectivity index (χ1n) is 9.70. The van der Waals surface area contributed by atoms with Crippen LogP contribution in [0.3, 0.4) is 0 Å².